The number of hydrogen-bond acceptors (Lipinski definition) is 2. The van der Waals surface area contributed by atoms with Crippen LogP contribution in [-0.2, 0) is 9.53 Å². The van der Waals surface area contributed by atoms with Gasteiger partial charge < -0.3 is 17.1 Å². The molecule has 120 valence electrons. The third-order valence-electron chi connectivity index (χ3n) is 3.61. The van der Waals surface area contributed by atoms with Crippen LogP contribution in [0.5, 0.6) is 0 Å². The van der Waals surface area contributed by atoms with Crippen LogP contribution in [0.25, 0.3) is 0 Å². The van der Waals surface area contributed by atoms with E-state index in [-0.39, 0.29) is 18.4 Å². The van der Waals surface area contributed by atoms with Crippen molar-refractivity contribution in [2.24, 2.45) is 0 Å². The summed E-state index contributed by atoms with van der Waals surface area (Å²) < 4.78 is 5.44. The number of ether oxygens (including phenoxy) is 1. The summed E-state index contributed by atoms with van der Waals surface area (Å²) in [5.41, 5.74) is 0. The Balaban J connectivity index is 0. The van der Waals surface area contributed by atoms with Crippen LogP contribution in [0.4, 0.5) is 0 Å². The van der Waals surface area contributed by atoms with Gasteiger partial charge in [-0.2, -0.15) is 0 Å². The van der Waals surface area contributed by atoms with Gasteiger partial charge in [0.25, 0.3) is 0 Å². The normalized spacial score (nSPS) is 10.8. The van der Waals surface area contributed by atoms with E-state index in [2.05, 4.69) is 27.4 Å². The summed E-state index contributed by atoms with van der Waals surface area (Å²) in [4.78, 5) is 11.4. The molecule has 0 heterocycles. The third-order valence-corrected chi connectivity index (χ3v) is 8.08. The van der Waals surface area contributed by atoms with Crippen LogP contribution in [0.2, 0.25) is 0 Å². The Bertz CT molecular complexity index is 235. The molecular formula is C16H32ClO2P. The van der Waals surface area contributed by atoms with Crippen molar-refractivity contribution < 1.29 is 21.9 Å². The van der Waals surface area contributed by atoms with Crippen molar-refractivity contribution in [2.75, 3.05) is 24.8 Å². The molecule has 0 saturated heterocycles. The van der Waals surface area contributed by atoms with E-state index in [0.29, 0.717) is 6.35 Å². The van der Waals surface area contributed by atoms with Crippen molar-refractivity contribution >= 4 is 13.2 Å². The van der Waals surface area contributed by atoms with Gasteiger partial charge in [-0.15, -0.1) is 0 Å². The number of hydrogen-bond donors (Lipinski definition) is 0. The molecule has 0 unspecified atom stereocenters. The smallest absolute Gasteiger partial charge is 0.333 e. The Morgan fingerprint density at radius 3 is 1.70 bits per heavy atom. The number of unbranched alkanes of at least 4 members (excludes halogenated alkanes) is 3. The first-order chi connectivity index (χ1) is 9.14. The lowest BCUT2D eigenvalue weighted by atomic mass is 10.4. The highest BCUT2D eigenvalue weighted by atomic mass is 35.5. The molecule has 0 bridgehead atoms. The summed E-state index contributed by atoms with van der Waals surface area (Å²) in [6, 6.07) is 0. The van der Waals surface area contributed by atoms with E-state index >= 15 is 0 Å². The third kappa shape index (κ3) is 9.77. The Hall–Kier alpha value is -0.0700. The lowest BCUT2D eigenvalue weighted by molar-refractivity contribution is -0.135. The summed E-state index contributed by atoms with van der Waals surface area (Å²) in [6.07, 6.45) is 13.3. The number of carbonyl (C=O) groups excluding carboxylic acids is 1. The van der Waals surface area contributed by atoms with Crippen molar-refractivity contribution in [1.82, 2.24) is 0 Å². The van der Waals surface area contributed by atoms with E-state index in [4.69, 9.17) is 4.74 Å². The Morgan fingerprint density at radius 1 is 1.00 bits per heavy atom. The molecule has 0 rings (SSSR count). The minimum atomic E-state index is -1.10. The summed E-state index contributed by atoms with van der Waals surface area (Å²) in [5, 5.41) is 0. The summed E-state index contributed by atoms with van der Waals surface area (Å²) in [6.45, 7) is 10.2. The predicted octanol–water partition coefficient (Wildman–Crippen LogP) is 2.09. The van der Waals surface area contributed by atoms with Crippen molar-refractivity contribution in [3.8, 4) is 0 Å². The second-order valence-electron chi connectivity index (χ2n) is 5.37. The second kappa shape index (κ2) is 13.9. The maximum Gasteiger partial charge on any atom is 0.333 e. The first-order valence-corrected chi connectivity index (χ1v) is 10.3. The summed E-state index contributed by atoms with van der Waals surface area (Å²) in [5.74, 6) is -0.256. The molecule has 0 saturated carbocycles. The van der Waals surface area contributed by atoms with Gasteiger partial charge in [-0.05, 0) is 19.3 Å². The van der Waals surface area contributed by atoms with Crippen molar-refractivity contribution in [1.29, 1.82) is 0 Å². The SMILES string of the molecule is C=CC(=O)OC[P+](CCCC)(CCCC)CCCC.[Cl-]. The van der Waals surface area contributed by atoms with Crippen molar-refractivity contribution in [2.45, 2.75) is 59.3 Å². The van der Waals surface area contributed by atoms with Crippen molar-refractivity contribution in [3.05, 3.63) is 12.7 Å². The van der Waals surface area contributed by atoms with Gasteiger partial charge in [-0.1, -0.05) is 46.6 Å². The minimum absolute atomic E-state index is 0. The molecular weight excluding hydrogens is 291 g/mol. The van der Waals surface area contributed by atoms with Crippen LogP contribution in [-0.4, -0.2) is 30.8 Å². The largest absolute Gasteiger partial charge is 1.00 e. The molecule has 0 amide bonds. The van der Waals surface area contributed by atoms with Gasteiger partial charge >= 0.3 is 5.97 Å². The highest BCUT2D eigenvalue weighted by molar-refractivity contribution is 7.75. The van der Waals surface area contributed by atoms with Gasteiger partial charge in [0.15, 0.2) is 6.35 Å². The lowest BCUT2D eigenvalue weighted by Gasteiger charge is -2.26. The van der Waals surface area contributed by atoms with E-state index in [1.54, 1.807) is 0 Å². The van der Waals surface area contributed by atoms with E-state index in [0.717, 1.165) is 0 Å². The van der Waals surface area contributed by atoms with Gasteiger partial charge in [-0.3, -0.25) is 0 Å². The minimum Gasteiger partial charge on any atom is -1.00 e. The first-order valence-electron chi connectivity index (χ1n) is 7.78. The fraction of sp³-hybridized carbons (Fsp3) is 0.812. The van der Waals surface area contributed by atoms with Crippen LogP contribution in [0, 0.1) is 0 Å². The molecule has 0 atom stereocenters. The number of esters is 1. The van der Waals surface area contributed by atoms with Gasteiger partial charge in [0.1, 0.15) is 0 Å². The molecule has 0 aliphatic carbocycles. The summed E-state index contributed by atoms with van der Waals surface area (Å²) in [7, 11) is -1.10. The zero-order chi connectivity index (χ0) is 14.6. The quantitative estimate of drug-likeness (QED) is 0.312. The lowest BCUT2D eigenvalue weighted by Crippen LogP contribution is -3.00. The molecule has 0 aliphatic rings. The molecule has 0 aromatic carbocycles. The maximum absolute atomic E-state index is 11.4. The van der Waals surface area contributed by atoms with Crippen molar-refractivity contribution in [3.63, 3.8) is 0 Å². The predicted molar refractivity (Wildman–Crippen MR) is 87.4 cm³/mol. The van der Waals surface area contributed by atoms with E-state index in [1.807, 2.05) is 0 Å². The Labute approximate surface area is 132 Å². The fourth-order valence-electron chi connectivity index (χ4n) is 2.27. The molecule has 0 N–H and O–H groups in total. The topological polar surface area (TPSA) is 26.3 Å². The van der Waals surface area contributed by atoms with Crippen LogP contribution in [0.3, 0.4) is 0 Å². The van der Waals surface area contributed by atoms with Gasteiger partial charge in [-0.25, -0.2) is 4.79 Å². The monoisotopic (exact) mass is 322 g/mol. The van der Waals surface area contributed by atoms with E-state index in [9.17, 15) is 4.79 Å². The van der Waals surface area contributed by atoms with Gasteiger partial charge in [0.2, 0.25) is 0 Å². The first kappa shape index (κ1) is 22.2. The number of halogens is 1. The highest BCUT2D eigenvalue weighted by Crippen LogP contribution is 2.60. The van der Waals surface area contributed by atoms with Crippen LogP contribution in [0.15, 0.2) is 12.7 Å². The molecule has 20 heavy (non-hydrogen) atoms. The molecule has 0 spiro atoms. The number of carbonyl (C=O) groups is 1. The molecule has 0 radical (unpaired) electrons. The average molecular weight is 323 g/mol. The van der Waals surface area contributed by atoms with E-state index < -0.39 is 7.26 Å². The summed E-state index contributed by atoms with van der Waals surface area (Å²) >= 11 is 0. The zero-order valence-electron chi connectivity index (χ0n) is 13.5. The highest BCUT2D eigenvalue weighted by Gasteiger charge is 2.36. The van der Waals surface area contributed by atoms with E-state index in [1.165, 1.54) is 63.1 Å². The average Bonchev–Trinajstić information content (AvgIpc) is 2.45. The number of rotatable bonds is 12. The zero-order valence-corrected chi connectivity index (χ0v) is 15.1. The maximum atomic E-state index is 11.4. The van der Waals surface area contributed by atoms with Crippen LogP contribution >= 0.6 is 7.26 Å². The Morgan fingerprint density at radius 2 is 1.40 bits per heavy atom. The Kier molecular flexibility index (Phi) is 15.4. The molecule has 0 aromatic heterocycles. The molecule has 0 aliphatic heterocycles. The molecule has 0 fully saturated rings. The van der Waals surface area contributed by atoms with Crippen LogP contribution in [0.1, 0.15) is 59.3 Å². The molecule has 4 heteroatoms. The standard InChI is InChI=1S/C16H32O2P.ClH/c1-5-9-12-19(13-10-6-2,14-11-7-3)15-18-16(17)8-4;/h8H,4-7,9-15H2,1-3H3;1H/q+1;/p-1. The second-order valence-corrected chi connectivity index (χ2v) is 9.65. The van der Waals surface area contributed by atoms with Gasteiger partial charge in [0.05, 0.1) is 25.7 Å². The molecule has 0 aromatic rings. The molecule has 2 nitrogen and oxygen atoms in total. The van der Waals surface area contributed by atoms with Crippen LogP contribution < -0.4 is 12.4 Å². The van der Waals surface area contributed by atoms with Gasteiger partial charge in [0, 0.05) is 6.08 Å². The fourth-order valence-corrected chi connectivity index (χ4v) is 6.69.